The third-order valence-corrected chi connectivity index (χ3v) is 3.03. The zero-order valence-corrected chi connectivity index (χ0v) is 11.4. The van der Waals surface area contributed by atoms with E-state index in [-0.39, 0.29) is 11.4 Å². The maximum absolute atomic E-state index is 13.7. The molecule has 20 heavy (non-hydrogen) atoms. The number of nitrogens with zero attached hydrogens (tertiary/aromatic N) is 2. The van der Waals surface area contributed by atoms with Crippen LogP contribution < -0.4 is 4.74 Å². The Morgan fingerprint density at radius 2 is 1.95 bits per heavy atom. The molecule has 7 heteroatoms. The quantitative estimate of drug-likeness (QED) is 0.622. The molecule has 0 saturated carbocycles. The second-order valence-electron chi connectivity index (χ2n) is 3.73. The summed E-state index contributed by atoms with van der Waals surface area (Å²) in [6.45, 7) is 0. The van der Waals surface area contributed by atoms with Gasteiger partial charge >= 0.3 is 0 Å². The molecule has 0 amide bonds. The summed E-state index contributed by atoms with van der Waals surface area (Å²) in [5.41, 5.74) is 0.0714. The molecule has 0 radical (unpaired) electrons. The number of nitriles is 1. The van der Waals surface area contributed by atoms with E-state index in [9.17, 15) is 14.5 Å². The fourth-order valence-electron chi connectivity index (χ4n) is 1.46. The summed E-state index contributed by atoms with van der Waals surface area (Å²) in [7, 11) is 0. The Bertz CT molecular complexity index is 728. The van der Waals surface area contributed by atoms with Gasteiger partial charge in [0.05, 0.1) is 27.1 Å². The number of halogens is 2. The molecule has 0 heterocycles. The molecule has 2 rings (SSSR count). The van der Waals surface area contributed by atoms with Crippen molar-refractivity contribution in [3.63, 3.8) is 0 Å². The second kappa shape index (κ2) is 5.67. The first-order valence-electron chi connectivity index (χ1n) is 5.32. The molecule has 0 N–H and O–H groups in total. The van der Waals surface area contributed by atoms with Crippen LogP contribution in [0.15, 0.2) is 40.9 Å². The fourth-order valence-corrected chi connectivity index (χ4v) is 1.92. The van der Waals surface area contributed by atoms with E-state index in [4.69, 9.17) is 10.00 Å². The van der Waals surface area contributed by atoms with Crippen LogP contribution in [-0.4, -0.2) is 4.92 Å². The molecule has 0 aromatic heterocycles. The largest absolute Gasteiger partial charge is 0.453 e. The van der Waals surface area contributed by atoms with Gasteiger partial charge in [0, 0.05) is 6.07 Å². The number of hydrogen-bond donors (Lipinski definition) is 0. The SMILES string of the molecule is N#Cc1ccc(Oc2ccc([N+](=O)[O-])cc2F)c(Br)c1. The zero-order chi connectivity index (χ0) is 14.7. The van der Waals surface area contributed by atoms with E-state index < -0.39 is 10.7 Å². The van der Waals surface area contributed by atoms with Crippen LogP contribution in [0.25, 0.3) is 0 Å². The average molecular weight is 337 g/mol. The predicted molar refractivity (Wildman–Crippen MR) is 72.0 cm³/mol. The molecule has 0 aliphatic rings. The van der Waals surface area contributed by atoms with Crippen molar-refractivity contribution in [2.45, 2.75) is 0 Å². The first-order chi connectivity index (χ1) is 9.51. The lowest BCUT2D eigenvalue weighted by Gasteiger charge is -2.08. The maximum Gasteiger partial charge on any atom is 0.272 e. The molecule has 0 saturated heterocycles. The number of ether oxygens (including phenoxy) is 1. The zero-order valence-electron chi connectivity index (χ0n) is 9.84. The van der Waals surface area contributed by atoms with E-state index in [1.165, 1.54) is 24.3 Å². The Morgan fingerprint density at radius 3 is 2.50 bits per heavy atom. The summed E-state index contributed by atoms with van der Waals surface area (Å²) in [6, 6.07) is 9.61. The molecular formula is C13H6BrFN2O3. The third-order valence-electron chi connectivity index (χ3n) is 2.41. The van der Waals surface area contributed by atoms with Gasteiger partial charge < -0.3 is 4.74 Å². The lowest BCUT2D eigenvalue weighted by molar-refractivity contribution is -0.385. The highest BCUT2D eigenvalue weighted by Gasteiger charge is 2.13. The summed E-state index contributed by atoms with van der Waals surface area (Å²) in [5.74, 6) is -0.673. The lowest BCUT2D eigenvalue weighted by Crippen LogP contribution is -1.93. The van der Waals surface area contributed by atoms with Gasteiger partial charge in [-0.2, -0.15) is 5.26 Å². The van der Waals surface area contributed by atoms with Crippen molar-refractivity contribution in [3.05, 3.63) is 62.4 Å². The van der Waals surface area contributed by atoms with Gasteiger partial charge in [-0.25, -0.2) is 4.39 Å². The van der Waals surface area contributed by atoms with Crippen molar-refractivity contribution >= 4 is 21.6 Å². The molecule has 0 fully saturated rings. The third kappa shape index (κ3) is 2.92. The van der Waals surface area contributed by atoms with Crippen LogP contribution in [0.4, 0.5) is 10.1 Å². The van der Waals surface area contributed by atoms with Gasteiger partial charge in [-0.05, 0) is 40.2 Å². The molecule has 0 aliphatic heterocycles. The predicted octanol–water partition coefficient (Wildman–Crippen LogP) is 4.16. The van der Waals surface area contributed by atoms with E-state index in [1.54, 1.807) is 0 Å². The van der Waals surface area contributed by atoms with Crippen LogP contribution in [-0.2, 0) is 0 Å². The van der Waals surface area contributed by atoms with Crippen molar-refractivity contribution in [1.82, 2.24) is 0 Å². The molecule has 0 spiro atoms. The van der Waals surface area contributed by atoms with Crippen molar-refractivity contribution < 1.29 is 14.1 Å². The average Bonchev–Trinajstić information content (AvgIpc) is 2.42. The Balaban J connectivity index is 2.31. The van der Waals surface area contributed by atoms with Gasteiger partial charge in [0.25, 0.3) is 5.69 Å². The normalized spacial score (nSPS) is 9.85. The van der Waals surface area contributed by atoms with Gasteiger partial charge in [-0.1, -0.05) is 0 Å². The van der Waals surface area contributed by atoms with Gasteiger partial charge in [0.15, 0.2) is 11.6 Å². The smallest absolute Gasteiger partial charge is 0.272 e. The minimum absolute atomic E-state index is 0.138. The minimum Gasteiger partial charge on any atom is -0.453 e. The number of hydrogen-bond acceptors (Lipinski definition) is 4. The summed E-state index contributed by atoms with van der Waals surface area (Å²) >= 11 is 3.20. The molecule has 5 nitrogen and oxygen atoms in total. The van der Waals surface area contributed by atoms with Crippen molar-refractivity contribution in [2.24, 2.45) is 0 Å². The number of benzene rings is 2. The second-order valence-corrected chi connectivity index (χ2v) is 4.59. The van der Waals surface area contributed by atoms with Crippen molar-refractivity contribution in [2.75, 3.05) is 0 Å². The molecule has 0 aliphatic carbocycles. The molecule has 2 aromatic rings. The van der Waals surface area contributed by atoms with Crippen LogP contribution >= 0.6 is 15.9 Å². The van der Waals surface area contributed by atoms with Crippen molar-refractivity contribution in [1.29, 1.82) is 5.26 Å². The van der Waals surface area contributed by atoms with E-state index >= 15 is 0 Å². The van der Waals surface area contributed by atoms with E-state index in [0.717, 1.165) is 12.1 Å². The molecule has 2 aromatic carbocycles. The van der Waals surface area contributed by atoms with Crippen LogP contribution in [0.2, 0.25) is 0 Å². The highest BCUT2D eigenvalue weighted by Crippen LogP contribution is 2.32. The number of nitro groups is 1. The highest BCUT2D eigenvalue weighted by atomic mass is 79.9. The first kappa shape index (κ1) is 14.0. The number of non-ortho nitro benzene ring substituents is 1. The van der Waals surface area contributed by atoms with E-state index in [2.05, 4.69) is 15.9 Å². The summed E-state index contributed by atoms with van der Waals surface area (Å²) in [5, 5.41) is 19.2. The molecule has 0 atom stereocenters. The Labute approximate surface area is 121 Å². The van der Waals surface area contributed by atoms with Crippen LogP contribution in [0.1, 0.15) is 5.56 Å². The monoisotopic (exact) mass is 336 g/mol. The van der Waals surface area contributed by atoms with Crippen LogP contribution in [0, 0.1) is 27.3 Å². The van der Waals surface area contributed by atoms with Gasteiger partial charge in [-0.15, -0.1) is 0 Å². The molecule has 0 bridgehead atoms. The Hall–Kier alpha value is -2.46. The fraction of sp³-hybridized carbons (Fsp3) is 0. The maximum atomic E-state index is 13.7. The van der Waals surface area contributed by atoms with Crippen LogP contribution in [0.5, 0.6) is 11.5 Å². The number of rotatable bonds is 3. The lowest BCUT2D eigenvalue weighted by atomic mass is 10.2. The summed E-state index contributed by atoms with van der Waals surface area (Å²) < 4.78 is 19.5. The van der Waals surface area contributed by atoms with Gasteiger partial charge in [0.2, 0.25) is 0 Å². The topological polar surface area (TPSA) is 76.2 Å². The number of nitro benzene ring substituents is 1. The highest BCUT2D eigenvalue weighted by molar-refractivity contribution is 9.10. The van der Waals surface area contributed by atoms with E-state index in [0.29, 0.717) is 15.8 Å². The Morgan fingerprint density at radius 1 is 1.25 bits per heavy atom. The van der Waals surface area contributed by atoms with Crippen molar-refractivity contribution in [3.8, 4) is 17.6 Å². The van der Waals surface area contributed by atoms with Gasteiger partial charge in [-0.3, -0.25) is 10.1 Å². The summed E-state index contributed by atoms with van der Waals surface area (Å²) in [4.78, 5) is 9.82. The standard InChI is InChI=1S/C13H6BrFN2O3/c14-10-5-8(7-16)1-3-12(10)20-13-4-2-9(17(18)19)6-11(13)15/h1-6H. The van der Waals surface area contributed by atoms with Gasteiger partial charge in [0.1, 0.15) is 5.75 Å². The minimum atomic E-state index is -0.838. The van der Waals surface area contributed by atoms with Crippen LogP contribution in [0.3, 0.4) is 0 Å². The molecule has 0 unspecified atom stereocenters. The van der Waals surface area contributed by atoms with E-state index in [1.807, 2.05) is 6.07 Å². The molecule has 100 valence electrons. The first-order valence-corrected chi connectivity index (χ1v) is 6.12. The Kier molecular flexibility index (Phi) is 3.96. The summed E-state index contributed by atoms with van der Waals surface area (Å²) in [6.07, 6.45) is 0. The molecular weight excluding hydrogens is 331 g/mol.